The summed E-state index contributed by atoms with van der Waals surface area (Å²) in [6.07, 6.45) is 0.0374. The number of hydrogen-bond acceptors (Lipinski definition) is 4. The minimum Gasteiger partial charge on any atom is -0.271 e. The van der Waals surface area contributed by atoms with Gasteiger partial charge in [0.2, 0.25) is 0 Å². The van der Waals surface area contributed by atoms with Crippen LogP contribution in [0, 0.1) is 0 Å². The van der Waals surface area contributed by atoms with Gasteiger partial charge in [-0.1, -0.05) is 18.2 Å². The van der Waals surface area contributed by atoms with Gasteiger partial charge < -0.3 is 0 Å². The number of rotatable bonds is 3. The number of carbonyl (C=O) groups is 1. The van der Waals surface area contributed by atoms with E-state index in [9.17, 15) is 13.2 Å². The van der Waals surface area contributed by atoms with Crippen molar-refractivity contribution in [1.29, 1.82) is 0 Å². The Bertz CT molecular complexity index is 566. The van der Waals surface area contributed by atoms with Gasteiger partial charge in [-0.05, 0) is 19.1 Å². The summed E-state index contributed by atoms with van der Waals surface area (Å²) in [5.74, 6) is -0.550. The Morgan fingerprint density at radius 2 is 1.94 bits per heavy atom. The molecular formula is C10H11N3O3S. The monoisotopic (exact) mass is 253 g/mol. The average molecular weight is 253 g/mol. The molecule has 0 atom stereocenters. The molecule has 0 aliphatic carbocycles. The molecule has 1 heterocycles. The minimum absolute atomic E-state index is 0.0374. The largest absolute Gasteiger partial charge is 0.346 e. The van der Waals surface area contributed by atoms with Crippen molar-refractivity contribution in [1.82, 2.24) is 4.41 Å². The van der Waals surface area contributed by atoms with Crippen LogP contribution in [0.3, 0.4) is 0 Å². The van der Waals surface area contributed by atoms with Crippen molar-refractivity contribution in [3.63, 3.8) is 0 Å². The highest BCUT2D eigenvalue weighted by atomic mass is 32.2. The van der Waals surface area contributed by atoms with Crippen LogP contribution in [0.2, 0.25) is 0 Å². The Labute approximate surface area is 99.1 Å². The Balaban J connectivity index is 2.24. The second kappa shape index (κ2) is 4.17. The highest BCUT2D eigenvalue weighted by Crippen LogP contribution is 2.16. The zero-order chi connectivity index (χ0) is 12.5. The summed E-state index contributed by atoms with van der Waals surface area (Å²) < 4.78 is 26.5. The molecule has 17 heavy (non-hydrogen) atoms. The topological polar surface area (TPSA) is 78.8 Å². The van der Waals surface area contributed by atoms with Crippen LogP contribution >= 0.6 is 0 Å². The van der Waals surface area contributed by atoms with Gasteiger partial charge >= 0.3 is 10.2 Å². The van der Waals surface area contributed by atoms with Crippen molar-refractivity contribution in [3.05, 3.63) is 30.3 Å². The molecule has 1 aromatic rings. The number of amides is 1. The molecule has 0 radical (unpaired) electrons. The van der Waals surface area contributed by atoms with Crippen LogP contribution in [0.25, 0.3) is 0 Å². The summed E-state index contributed by atoms with van der Waals surface area (Å²) in [6, 6.07) is 8.33. The summed E-state index contributed by atoms with van der Waals surface area (Å²) in [5.41, 5.74) is 0.869. The van der Waals surface area contributed by atoms with Gasteiger partial charge in [-0.25, -0.2) is 0 Å². The van der Waals surface area contributed by atoms with Crippen LogP contribution in [-0.2, 0) is 15.0 Å². The summed E-state index contributed by atoms with van der Waals surface area (Å²) in [7, 11) is -3.95. The molecule has 0 saturated heterocycles. The second-order valence-corrected chi connectivity index (χ2v) is 5.12. The van der Waals surface area contributed by atoms with E-state index in [1.807, 2.05) is 0 Å². The lowest BCUT2D eigenvalue weighted by Gasteiger charge is -2.13. The Morgan fingerprint density at radius 1 is 1.29 bits per heavy atom. The van der Waals surface area contributed by atoms with Gasteiger partial charge in [0.25, 0.3) is 5.91 Å². The number of hydrazone groups is 1. The zero-order valence-corrected chi connectivity index (χ0v) is 9.94. The van der Waals surface area contributed by atoms with Crippen LogP contribution in [0.1, 0.15) is 13.3 Å². The molecule has 6 nitrogen and oxygen atoms in total. The molecule has 0 aromatic heterocycles. The normalized spacial score (nSPS) is 15.9. The van der Waals surface area contributed by atoms with Gasteiger partial charge in [0, 0.05) is 5.71 Å². The quantitative estimate of drug-likeness (QED) is 0.871. The molecule has 1 aliphatic rings. The number of benzene rings is 1. The van der Waals surface area contributed by atoms with Crippen LogP contribution in [-0.4, -0.2) is 24.5 Å². The van der Waals surface area contributed by atoms with Gasteiger partial charge in [0.15, 0.2) is 0 Å². The molecule has 0 bridgehead atoms. The van der Waals surface area contributed by atoms with Crippen LogP contribution in [0.5, 0.6) is 0 Å². The number of carbonyl (C=O) groups excluding carboxylic acids is 1. The average Bonchev–Trinajstić information content (AvgIpc) is 2.59. The van der Waals surface area contributed by atoms with Crippen LogP contribution in [0.4, 0.5) is 5.69 Å². The van der Waals surface area contributed by atoms with E-state index >= 15 is 0 Å². The predicted molar refractivity (Wildman–Crippen MR) is 63.6 cm³/mol. The lowest BCUT2D eigenvalue weighted by atomic mass is 10.3. The maximum Gasteiger partial charge on any atom is 0.346 e. The van der Waals surface area contributed by atoms with E-state index in [-0.39, 0.29) is 6.42 Å². The SMILES string of the molecule is CC1=NN(S(=O)(=O)Nc2ccccc2)C(=O)C1. The fourth-order valence-corrected chi connectivity index (χ4v) is 2.52. The minimum atomic E-state index is -3.95. The van der Waals surface area contributed by atoms with E-state index in [0.717, 1.165) is 0 Å². The third kappa shape index (κ3) is 2.44. The van der Waals surface area contributed by atoms with Crippen molar-refractivity contribution in [2.24, 2.45) is 5.10 Å². The molecule has 0 saturated carbocycles. The van der Waals surface area contributed by atoms with E-state index in [4.69, 9.17) is 0 Å². The second-order valence-electron chi connectivity index (χ2n) is 3.62. The Morgan fingerprint density at radius 3 is 2.47 bits per heavy atom. The zero-order valence-electron chi connectivity index (χ0n) is 9.12. The number of hydrogen-bond donors (Lipinski definition) is 1. The van der Waals surface area contributed by atoms with Gasteiger partial charge in [0.05, 0.1) is 12.1 Å². The van der Waals surface area contributed by atoms with Gasteiger partial charge in [0.1, 0.15) is 0 Å². The number of nitrogens with one attached hydrogen (secondary N) is 1. The molecule has 1 aromatic carbocycles. The number of para-hydroxylation sites is 1. The molecular weight excluding hydrogens is 242 g/mol. The highest BCUT2D eigenvalue weighted by Gasteiger charge is 2.32. The molecule has 1 amide bonds. The fraction of sp³-hybridized carbons (Fsp3) is 0.200. The van der Waals surface area contributed by atoms with E-state index in [1.54, 1.807) is 37.3 Å². The summed E-state index contributed by atoms with van der Waals surface area (Å²) in [4.78, 5) is 11.4. The molecule has 0 spiro atoms. The molecule has 1 N–H and O–H groups in total. The first kappa shape index (κ1) is 11.6. The van der Waals surface area contributed by atoms with Crippen LogP contribution in [0.15, 0.2) is 35.4 Å². The van der Waals surface area contributed by atoms with Crippen molar-refractivity contribution in [2.75, 3.05) is 4.72 Å². The lowest BCUT2D eigenvalue weighted by Crippen LogP contribution is -2.33. The molecule has 2 rings (SSSR count). The molecule has 0 fully saturated rings. The van der Waals surface area contributed by atoms with Gasteiger partial charge in [-0.2, -0.15) is 13.5 Å². The van der Waals surface area contributed by atoms with E-state index in [0.29, 0.717) is 15.8 Å². The third-order valence-electron chi connectivity index (χ3n) is 2.13. The van der Waals surface area contributed by atoms with Crippen LogP contribution < -0.4 is 4.72 Å². The summed E-state index contributed by atoms with van der Waals surface area (Å²) in [6.45, 7) is 1.61. The first-order valence-electron chi connectivity index (χ1n) is 4.94. The molecule has 7 heteroatoms. The molecule has 90 valence electrons. The first-order valence-corrected chi connectivity index (χ1v) is 6.38. The maximum atomic E-state index is 11.8. The van der Waals surface area contributed by atoms with Crippen molar-refractivity contribution >= 4 is 27.5 Å². The Hall–Kier alpha value is -1.89. The first-order chi connectivity index (χ1) is 7.99. The van der Waals surface area contributed by atoms with Gasteiger partial charge in [-0.15, -0.1) is 4.41 Å². The Kier molecular flexibility index (Phi) is 2.84. The summed E-state index contributed by atoms with van der Waals surface area (Å²) >= 11 is 0. The maximum absolute atomic E-state index is 11.8. The number of anilines is 1. The van der Waals surface area contributed by atoms with Crippen molar-refractivity contribution in [3.8, 4) is 0 Å². The number of nitrogens with zero attached hydrogens (tertiary/aromatic N) is 2. The fourth-order valence-electron chi connectivity index (χ4n) is 1.42. The standard InChI is InChI=1S/C10H11N3O3S/c1-8-7-10(14)13(11-8)17(15,16)12-9-5-3-2-4-6-9/h2-6,12H,7H2,1H3. The van der Waals surface area contributed by atoms with Gasteiger partial charge in [-0.3, -0.25) is 9.52 Å². The predicted octanol–water partition coefficient (Wildman–Crippen LogP) is 0.952. The third-order valence-corrected chi connectivity index (χ3v) is 3.36. The smallest absolute Gasteiger partial charge is 0.271 e. The van der Waals surface area contributed by atoms with E-state index in [1.165, 1.54) is 0 Å². The summed E-state index contributed by atoms with van der Waals surface area (Å²) in [5, 5.41) is 3.69. The highest BCUT2D eigenvalue weighted by molar-refractivity contribution is 7.90. The van der Waals surface area contributed by atoms with E-state index in [2.05, 4.69) is 9.82 Å². The molecule has 0 unspecified atom stereocenters. The van der Waals surface area contributed by atoms with Crippen molar-refractivity contribution < 1.29 is 13.2 Å². The molecule has 1 aliphatic heterocycles. The lowest BCUT2D eigenvalue weighted by molar-refractivity contribution is -0.124. The van der Waals surface area contributed by atoms with E-state index < -0.39 is 16.1 Å². The van der Waals surface area contributed by atoms with Crippen molar-refractivity contribution in [2.45, 2.75) is 13.3 Å².